The van der Waals surface area contributed by atoms with Gasteiger partial charge in [0.05, 0.1) is 25.8 Å². The van der Waals surface area contributed by atoms with Crippen LogP contribution in [0.5, 0.6) is 17.5 Å². The molecule has 13 heteroatoms. The number of aliphatic hydroxyl groups is 1. The van der Waals surface area contributed by atoms with E-state index in [0.717, 1.165) is 17.7 Å². The molecule has 2 aliphatic rings. The number of hydrogen-bond donors (Lipinski definition) is 1. The molecule has 2 atom stereocenters. The van der Waals surface area contributed by atoms with Crippen molar-refractivity contribution in [1.82, 2.24) is 14.5 Å². The Hall–Kier alpha value is -3.48. The van der Waals surface area contributed by atoms with Gasteiger partial charge in [-0.1, -0.05) is 29.8 Å². The van der Waals surface area contributed by atoms with Gasteiger partial charge in [0.2, 0.25) is 6.35 Å². The fourth-order valence-corrected chi connectivity index (χ4v) is 3.97. The molecule has 3 aromatic rings. The lowest BCUT2D eigenvalue weighted by Crippen LogP contribution is -2.55. The maximum atomic E-state index is 13.5. The molecule has 9 nitrogen and oxygen atoms in total. The van der Waals surface area contributed by atoms with E-state index < -0.39 is 24.4 Å². The summed E-state index contributed by atoms with van der Waals surface area (Å²) in [4.78, 5) is 20.6. The largest absolute Gasteiger partial charge is 0.573 e. The highest BCUT2D eigenvalue weighted by atomic mass is 35.5. The Morgan fingerprint density at radius 2 is 1.89 bits per heavy atom. The van der Waals surface area contributed by atoms with Crippen LogP contribution in [0.25, 0.3) is 0 Å². The zero-order valence-corrected chi connectivity index (χ0v) is 19.5. The standard InChI is InChI=1S/C23H20ClF3N4O5/c1-29-19-18(20(32)31(22(29)33)11-17-12-34-17)30(10-13-5-7-14(24)8-6-13)21(28-19)35-15-3-2-4-16(9-15)36-23(25,26)27/h2-9,17,22,33H,10-12H2,1H3. The van der Waals surface area contributed by atoms with Gasteiger partial charge in [-0.25, -0.2) is 0 Å². The number of halogens is 4. The van der Waals surface area contributed by atoms with Gasteiger partial charge in [-0.3, -0.25) is 14.3 Å². The zero-order valence-electron chi connectivity index (χ0n) is 18.8. The third-order valence-corrected chi connectivity index (χ3v) is 5.89. The first-order valence-electron chi connectivity index (χ1n) is 10.8. The van der Waals surface area contributed by atoms with Crippen molar-refractivity contribution in [2.24, 2.45) is 0 Å². The number of imidazole rings is 1. The molecule has 5 rings (SSSR count). The average Bonchev–Trinajstić information content (AvgIpc) is 3.57. The molecule has 36 heavy (non-hydrogen) atoms. The fourth-order valence-electron chi connectivity index (χ4n) is 3.84. The van der Waals surface area contributed by atoms with Crippen LogP contribution in [0.2, 0.25) is 5.02 Å². The summed E-state index contributed by atoms with van der Waals surface area (Å²) in [6.07, 6.45) is -6.33. The number of anilines is 1. The Labute approximate surface area is 208 Å². The van der Waals surface area contributed by atoms with Crippen molar-refractivity contribution < 1.29 is 37.3 Å². The van der Waals surface area contributed by atoms with Crippen LogP contribution in [-0.4, -0.2) is 64.5 Å². The van der Waals surface area contributed by atoms with E-state index in [9.17, 15) is 23.1 Å². The number of benzene rings is 2. The maximum Gasteiger partial charge on any atom is 0.573 e. The van der Waals surface area contributed by atoms with Crippen LogP contribution in [-0.2, 0) is 11.3 Å². The van der Waals surface area contributed by atoms with Crippen LogP contribution in [0.15, 0.2) is 48.5 Å². The Balaban J connectivity index is 1.54. The van der Waals surface area contributed by atoms with E-state index in [1.165, 1.54) is 26.5 Å². The number of epoxide rings is 1. The molecule has 2 unspecified atom stereocenters. The lowest BCUT2D eigenvalue weighted by molar-refractivity contribution is -0.274. The predicted molar refractivity (Wildman–Crippen MR) is 121 cm³/mol. The fraction of sp³-hybridized carbons (Fsp3) is 0.304. The van der Waals surface area contributed by atoms with Gasteiger partial charge in [0, 0.05) is 18.1 Å². The van der Waals surface area contributed by atoms with Crippen LogP contribution in [0.3, 0.4) is 0 Å². The second-order valence-corrected chi connectivity index (χ2v) is 8.71. The van der Waals surface area contributed by atoms with Crippen LogP contribution < -0.4 is 14.4 Å². The van der Waals surface area contributed by atoms with Gasteiger partial charge in [-0.15, -0.1) is 13.2 Å². The lowest BCUT2D eigenvalue weighted by atomic mass is 10.2. The van der Waals surface area contributed by atoms with Crippen LogP contribution in [0.1, 0.15) is 16.1 Å². The highest BCUT2D eigenvalue weighted by Gasteiger charge is 2.43. The van der Waals surface area contributed by atoms with Crippen LogP contribution in [0, 0.1) is 0 Å². The number of fused-ring (bicyclic) bond motifs is 1. The van der Waals surface area contributed by atoms with E-state index in [1.807, 2.05) is 0 Å². The maximum absolute atomic E-state index is 13.5. The number of aromatic nitrogens is 2. The Kier molecular flexibility index (Phi) is 6.18. The van der Waals surface area contributed by atoms with Crippen molar-refractivity contribution >= 4 is 23.3 Å². The monoisotopic (exact) mass is 524 g/mol. The van der Waals surface area contributed by atoms with Gasteiger partial charge < -0.3 is 24.2 Å². The Morgan fingerprint density at radius 1 is 1.19 bits per heavy atom. The minimum absolute atomic E-state index is 0.00957. The summed E-state index contributed by atoms with van der Waals surface area (Å²) in [6, 6.07) is 11.8. The van der Waals surface area contributed by atoms with E-state index >= 15 is 0 Å². The highest BCUT2D eigenvalue weighted by Crippen LogP contribution is 2.36. The first kappa shape index (κ1) is 24.2. The summed E-state index contributed by atoms with van der Waals surface area (Å²) in [6.45, 7) is 0.807. The summed E-state index contributed by atoms with van der Waals surface area (Å²) < 4.78 is 54.6. The molecule has 1 fully saturated rings. The number of hydrogen-bond acceptors (Lipinski definition) is 7. The molecule has 0 aliphatic carbocycles. The number of carbonyl (C=O) groups is 1. The molecule has 3 heterocycles. The van der Waals surface area contributed by atoms with E-state index in [0.29, 0.717) is 11.6 Å². The normalized spacial score (nSPS) is 19.3. The smallest absolute Gasteiger partial charge is 0.425 e. The van der Waals surface area contributed by atoms with Crippen molar-refractivity contribution in [1.29, 1.82) is 0 Å². The van der Waals surface area contributed by atoms with Crippen molar-refractivity contribution in [2.75, 3.05) is 25.1 Å². The Morgan fingerprint density at radius 3 is 2.56 bits per heavy atom. The van der Waals surface area contributed by atoms with Gasteiger partial charge in [-0.05, 0) is 29.8 Å². The SMILES string of the molecule is CN1c2nc(Oc3cccc(OC(F)(F)F)c3)n(Cc3ccc(Cl)cc3)c2C(=O)N(CC2CO2)C1O. The molecule has 1 N–H and O–H groups in total. The first-order valence-corrected chi connectivity index (χ1v) is 11.2. The molecule has 2 aliphatic heterocycles. The van der Waals surface area contributed by atoms with Gasteiger partial charge >= 0.3 is 12.4 Å². The number of rotatable bonds is 7. The van der Waals surface area contributed by atoms with E-state index in [-0.39, 0.29) is 42.5 Å². The Bertz CT molecular complexity index is 1280. The van der Waals surface area contributed by atoms with E-state index in [2.05, 4.69) is 9.72 Å². The molecule has 1 amide bonds. The van der Waals surface area contributed by atoms with Crippen molar-refractivity contribution in [3.8, 4) is 17.5 Å². The summed E-state index contributed by atoms with van der Waals surface area (Å²) in [5.74, 6) is -0.793. The number of alkyl halides is 3. The summed E-state index contributed by atoms with van der Waals surface area (Å²) in [7, 11) is 1.57. The van der Waals surface area contributed by atoms with Crippen molar-refractivity contribution in [3.05, 3.63) is 64.8 Å². The topological polar surface area (TPSA) is 92.6 Å². The number of carbonyl (C=O) groups excluding carboxylic acids is 1. The molecule has 0 spiro atoms. The van der Waals surface area contributed by atoms with Gasteiger partial charge in [0.1, 0.15) is 11.5 Å². The highest BCUT2D eigenvalue weighted by molar-refractivity contribution is 6.30. The average molecular weight is 525 g/mol. The molecule has 1 aromatic heterocycles. The zero-order chi connectivity index (χ0) is 25.6. The van der Waals surface area contributed by atoms with E-state index in [1.54, 1.807) is 31.3 Å². The van der Waals surface area contributed by atoms with Crippen LogP contribution >= 0.6 is 11.6 Å². The van der Waals surface area contributed by atoms with Gasteiger partial charge in [0.15, 0.2) is 11.5 Å². The molecule has 0 radical (unpaired) electrons. The number of aliphatic hydroxyl groups excluding tert-OH is 1. The van der Waals surface area contributed by atoms with Crippen molar-refractivity contribution in [2.45, 2.75) is 25.4 Å². The van der Waals surface area contributed by atoms with Gasteiger partial charge in [-0.2, -0.15) is 4.98 Å². The molecule has 2 aromatic carbocycles. The summed E-state index contributed by atoms with van der Waals surface area (Å²) in [5, 5.41) is 11.3. The minimum atomic E-state index is -4.87. The molecule has 1 saturated heterocycles. The van der Waals surface area contributed by atoms with E-state index in [4.69, 9.17) is 21.1 Å². The molecular formula is C23H20ClF3N4O5. The van der Waals surface area contributed by atoms with Gasteiger partial charge in [0.25, 0.3) is 5.91 Å². The third kappa shape index (κ3) is 5.06. The molecular weight excluding hydrogens is 505 g/mol. The predicted octanol–water partition coefficient (Wildman–Crippen LogP) is 3.84. The summed E-state index contributed by atoms with van der Waals surface area (Å²) in [5.41, 5.74) is 0.911. The van der Waals surface area contributed by atoms with Crippen LogP contribution in [0.4, 0.5) is 19.0 Å². The molecule has 190 valence electrons. The number of nitrogens with zero attached hydrogens (tertiary/aromatic N) is 4. The molecule has 0 saturated carbocycles. The first-order chi connectivity index (χ1) is 17.1. The second-order valence-electron chi connectivity index (χ2n) is 8.27. The quantitative estimate of drug-likeness (QED) is 0.469. The number of amides is 1. The minimum Gasteiger partial charge on any atom is -0.425 e. The second kappa shape index (κ2) is 9.19. The van der Waals surface area contributed by atoms with Crippen molar-refractivity contribution in [3.63, 3.8) is 0 Å². The summed E-state index contributed by atoms with van der Waals surface area (Å²) >= 11 is 6.00. The third-order valence-electron chi connectivity index (χ3n) is 5.64. The lowest BCUT2D eigenvalue weighted by Gasteiger charge is -2.38. The number of ether oxygens (including phenoxy) is 3. The molecule has 0 bridgehead atoms.